The Labute approximate surface area is 65.2 Å². The Kier molecular flexibility index (Phi) is 2.25. The van der Waals surface area contributed by atoms with Gasteiger partial charge >= 0.3 is 0 Å². The predicted octanol–water partition coefficient (Wildman–Crippen LogP) is 0.263. The highest BCUT2D eigenvalue weighted by atomic mass is 16.1. The largest absolute Gasteiger partial charge is 0.354 e. The first-order chi connectivity index (χ1) is 5.29. The third-order valence-corrected chi connectivity index (χ3v) is 1.48. The van der Waals surface area contributed by atoms with E-state index in [4.69, 9.17) is 0 Å². The molecule has 0 radical (unpaired) electrons. The van der Waals surface area contributed by atoms with Gasteiger partial charge < -0.3 is 5.32 Å². The molecule has 4 heteroatoms. The third kappa shape index (κ3) is 1.39. The molecule has 0 unspecified atom stereocenters. The van der Waals surface area contributed by atoms with Crippen molar-refractivity contribution in [2.24, 2.45) is 0 Å². The summed E-state index contributed by atoms with van der Waals surface area (Å²) in [7, 11) is 1.61. The van der Waals surface area contributed by atoms with Gasteiger partial charge in [0, 0.05) is 19.8 Å². The van der Waals surface area contributed by atoms with Crippen molar-refractivity contribution in [3.05, 3.63) is 18.0 Å². The Balaban J connectivity index is 2.92. The van der Waals surface area contributed by atoms with Gasteiger partial charge in [-0.1, -0.05) is 0 Å². The highest BCUT2D eigenvalue weighted by Gasteiger charge is 2.07. The first kappa shape index (κ1) is 7.78. The number of carbonyl (C=O) groups excluding carboxylic acids is 1. The molecule has 0 fully saturated rings. The number of nitrogens with zero attached hydrogens (tertiary/aromatic N) is 2. The summed E-state index contributed by atoms with van der Waals surface area (Å²) in [6.45, 7) is 2.66. The maximum absolute atomic E-state index is 11.1. The van der Waals surface area contributed by atoms with Gasteiger partial charge in [-0.25, -0.2) is 0 Å². The molecule has 0 spiro atoms. The topological polar surface area (TPSA) is 46.9 Å². The van der Waals surface area contributed by atoms with Crippen molar-refractivity contribution in [1.29, 1.82) is 0 Å². The van der Waals surface area contributed by atoms with Crippen LogP contribution in [0, 0.1) is 0 Å². The average Bonchev–Trinajstić information content (AvgIpc) is 2.50. The first-order valence-electron chi connectivity index (χ1n) is 3.53. The molecule has 0 atom stereocenters. The van der Waals surface area contributed by atoms with Gasteiger partial charge in [0.25, 0.3) is 5.91 Å². The molecule has 1 aromatic heterocycles. The smallest absolute Gasteiger partial charge is 0.269 e. The summed E-state index contributed by atoms with van der Waals surface area (Å²) < 4.78 is 1.65. The van der Waals surface area contributed by atoms with E-state index in [-0.39, 0.29) is 5.91 Å². The molecule has 1 amide bonds. The minimum absolute atomic E-state index is 0.0932. The molecule has 1 aromatic rings. The van der Waals surface area contributed by atoms with E-state index in [2.05, 4.69) is 10.4 Å². The molecule has 0 aliphatic carbocycles. The predicted molar refractivity (Wildman–Crippen MR) is 41.3 cm³/mol. The van der Waals surface area contributed by atoms with E-state index < -0.39 is 0 Å². The molecular formula is C7H11N3O. The minimum atomic E-state index is -0.0932. The summed E-state index contributed by atoms with van der Waals surface area (Å²) in [5.74, 6) is -0.0932. The number of nitrogens with one attached hydrogen (secondary N) is 1. The summed E-state index contributed by atoms with van der Waals surface area (Å²) in [4.78, 5) is 11.1. The summed E-state index contributed by atoms with van der Waals surface area (Å²) in [5.41, 5.74) is 0.606. The highest BCUT2D eigenvalue weighted by molar-refractivity contribution is 5.92. The molecule has 0 saturated carbocycles. The van der Waals surface area contributed by atoms with Gasteiger partial charge in [-0.15, -0.1) is 0 Å². The van der Waals surface area contributed by atoms with E-state index in [1.165, 1.54) is 0 Å². The zero-order chi connectivity index (χ0) is 8.27. The molecule has 11 heavy (non-hydrogen) atoms. The van der Waals surface area contributed by atoms with E-state index in [1.807, 2.05) is 6.92 Å². The lowest BCUT2D eigenvalue weighted by Crippen LogP contribution is -2.21. The van der Waals surface area contributed by atoms with Crippen LogP contribution in [0.2, 0.25) is 0 Å². The molecule has 4 nitrogen and oxygen atoms in total. The van der Waals surface area contributed by atoms with Gasteiger partial charge in [0.15, 0.2) is 0 Å². The van der Waals surface area contributed by atoms with Crippen LogP contribution in [-0.2, 0) is 6.54 Å². The van der Waals surface area contributed by atoms with E-state index in [0.29, 0.717) is 5.69 Å². The van der Waals surface area contributed by atoms with Gasteiger partial charge in [0.05, 0.1) is 0 Å². The number of aryl methyl sites for hydroxylation is 1. The van der Waals surface area contributed by atoms with Crippen molar-refractivity contribution in [3.8, 4) is 0 Å². The Bertz CT molecular complexity index is 254. The van der Waals surface area contributed by atoms with E-state index in [0.717, 1.165) is 6.54 Å². The highest BCUT2D eigenvalue weighted by Crippen LogP contribution is 1.97. The lowest BCUT2D eigenvalue weighted by Gasteiger charge is -2.01. The van der Waals surface area contributed by atoms with Crippen molar-refractivity contribution >= 4 is 5.91 Å². The Morgan fingerprint density at radius 1 is 1.82 bits per heavy atom. The molecule has 0 bridgehead atoms. The van der Waals surface area contributed by atoms with Crippen molar-refractivity contribution in [3.63, 3.8) is 0 Å². The summed E-state index contributed by atoms with van der Waals surface area (Å²) in [5, 5.41) is 6.50. The normalized spacial score (nSPS) is 9.64. The Morgan fingerprint density at radius 2 is 2.55 bits per heavy atom. The quantitative estimate of drug-likeness (QED) is 0.662. The minimum Gasteiger partial charge on any atom is -0.354 e. The van der Waals surface area contributed by atoms with Crippen molar-refractivity contribution in [2.45, 2.75) is 13.5 Å². The summed E-state index contributed by atoms with van der Waals surface area (Å²) in [6.07, 6.45) is 1.62. The van der Waals surface area contributed by atoms with Crippen LogP contribution in [0.1, 0.15) is 17.4 Å². The monoisotopic (exact) mass is 153 g/mol. The number of amides is 1. The van der Waals surface area contributed by atoms with E-state index in [1.54, 1.807) is 24.0 Å². The summed E-state index contributed by atoms with van der Waals surface area (Å²) >= 11 is 0. The number of hydrogen-bond donors (Lipinski definition) is 1. The fraction of sp³-hybridized carbons (Fsp3) is 0.429. The van der Waals surface area contributed by atoms with Crippen LogP contribution in [0.5, 0.6) is 0 Å². The van der Waals surface area contributed by atoms with E-state index in [9.17, 15) is 4.79 Å². The molecule has 0 aliphatic heterocycles. The van der Waals surface area contributed by atoms with Gasteiger partial charge in [0.2, 0.25) is 0 Å². The second kappa shape index (κ2) is 3.18. The van der Waals surface area contributed by atoms with Crippen molar-refractivity contribution < 1.29 is 4.79 Å². The van der Waals surface area contributed by atoms with Crippen LogP contribution >= 0.6 is 0 Å². The van der Waals surface area contributed by atoms with Crippen LogP contribution in [-0.4, -0.2) is 22.7 Å². The molecule has 1 heterocycles. The maximum Gasteiger partial charge on any atom is 0.269 e. The van der Waals surface area contributed by atoms with E-state index >= 15 is 0 Å². The van der Waals surface area contributed by atoms with Crippen LogP contribution in [0.3, 0.4) is 0 Å². The van der Waals surface area contributed by atoms with Crippen LogP contribution in [0.25, 0.3) is 0 Å². The van der Waals surface area contributed by atoms with Crippen molar-refractivity contribution in [1.82, 2.24) is 15.1 Å². The number of aromatic nitrogens is 2. The van der Waals surface area contributed by atoms with Crippen LogP contribution < -0.4 is 5.32 Å². The third-order valence-electron chi connectivity index (χ3n) is 1.48. The van der Waals surface area contributed by atoms with Gasteiger partial charge in [-0.05, 0) is 13.0 Å². The average molecular weight is 153 g/mol. The molecular weight excluding hydrogens is 142 g/mol. The van der Waals surface area contributed by atoms with Gasteiger partial charge in [-0.3, -0.25) is 9.48 Å². The molecule has 0 aromatic carbocycles. The van der Waals surface area contributed by atoms with Gasteiger partial charge in [0.1, 0.15) is 5.69 Å². The second-order valence-electron chi connectivity index (χ2n) is 2.11. The molecule has 60 valence electrons. The molecule has 0 aliphatic rings. The molecule has 1 N–H and O–H groups in total. The summed E-state index contributed by atoms with van der Waals surface area (Å²) in [6, 6.07) is 1.70. The molecule has 1 rings (SSSR count). The number of carbonyl (C=O) groups is 1. The van der Waals surface area contributed by atoms with Crippen LogP contribution in [0.15, 0.2) is 12.3 Å². The SMILES string of the molecule is CCn1nccc1C(=O)NC. The number of hydrogen-bond acceptors (Lipinski definition) is 2. The standard InChI is InChI=1S/C7H11N3O/c1-3-10-6(4-5-9-10)7(11)8-2/h4-5H,3H2,1-2H3,(H,8,11). The Morgan fingerprint density at radius 3 is 3.09 bits per heavy atom. The lowest BCUT2D eigenvalue weighted by atomic mass is 10.4. The fourth-order valence-corrected chi connectivity index (χ4v) is 0.906. The number of rotatable bonds is 2. The zero-order valence-electron chi connectivity index (χ0n) is 6.66. The lowest BCUT2D eigenvalue weighted by molar-refractivity contribution is 0.0952. The second-order valence-corrected chi connectivity index (χ2v) is 2.11. The zero-order valence-corrected chi connectivity index (χ0v) is 6.66. The maximum atomic E-state index is 11.1. The van der Waals surface area contributed by atoms with Gasteiger partial charge in [-0.2, -0.15) is 5.10 Å². The van der Waals surface area contributed by atoms with Crippen molar-refractivity contribution in [2.75, 3.05) is 7.05 Å². The Hall–Kier alpha value is -1.32. The first-order valence-corrected chi connectivity index (χ1v) is 3.53. The van der Waals surface area contributed by atoms with Crippen LogP contribution in [0.4, 0.5) is 0 Å². The fourth-order valence-electron chi connectivity index (χ4n) is 0.906. The molecule has 0 saturated heterocycles.